The molecule has 0 amide bonds. The van der Waals surface area contributed by atoms with Crippen molar-refractivity contribution in [3.8, 4) is 17.0 Å². The number of nitrogens with two attached hydrogens (primary N) is 2. The molecular formula is C22H21FN8O. The molecule has 0 aliphatic rings. The molecule has 0 fully saturated rings. The van der Waals surface area contributed by atoms with Gasteiger partial charge in [-0.25, -0.2) is 19.3 Å². The van der Waals surface area contributed by atoms with Crippen molar-refractivity contribution in [1.29, 1.82) is 0 Å². The Morgan fingerprint density at radius 1 is 1.19 bits per heavy atom. The van der Waals surface area contributed by atoms with E-state index in [0.717, 1.165) is 16.8 Å². The van der Waals surface area contributed by atoms with Crippen molar-refractivity contribution in [1.82, 2.24) is 19.5 Å². The van der Waals surface area contributed by atoms with Gasteiger partial charge in [0, 0.05) is 23.0 Å². The summed E-state index contributed by atoms with van der Waals surface area (Å²) in [6.07, 6.45) is 4.66. The van der Waals surface area contributed by atoms with E-state index in [-0.39, 0.29) is 12.2 Å². The van der Waals surface area contributed by atoms with Crippen LogP contribution >= 0.6 is 0 Å². The minimum absolute atomic E-state index is 0.189. The van der Waals surface area contributed by atoms with Gasteiger partial charge in [0.1, 0.15) is 23.6 Å². The Labute approximate surface area is 183 Å². The maximum absolute atomic E-state index is 13.9. The molecule has 4 rings (SSSR count). The Hall–Kier alpha value is -4.34. The second kappa shape index (κ2) is 8.80. The topological polar surface area (TPSA) is 130 Å². The Morgan fingerprint density at radius 3 is 2.75 bits per heavy atom. The second-order valence-electron chi connectivity index (χ2n) is 6.97. The molecule has 0 spiro atoms. The number of ether oxygens (including phenoxy) is 1. The molecule has 0 atom stereocenters. The maximum atomic E-state index is 13.9. The number of methoxy groups -OCH3 is 1. The first-order chi connectivity index (χ1) is 15.5. The number of pyridine rings is 1. The summed E-state index contributed by atoms with van der Waals surface area (Å²) in [5, 5.41) is 4.45. The Balaban J connectivity index is 1.77. The van der Waals surface area contributed by atoms with E-state index >= 15 is 0 Å². The van der Waals surface area contributed by atoms with E-state index in [9.17, 15) is 4.39 Å². The van der Waals surface area contributed by atoms with Crippen LogP contribution in [0.2, 0.25) is 0 Å². The van der Waals surface area contributed by atoms with Gasteiger partial charge in [-0.1, -0.05) is 12.1 Å². The molecule has 3 heterocycles. The average Bonchev–Trinajstić information content (AvgIpc) is 3.16. The number of para-hydroxylation sites is 1. The van der Waals surface area contributed by atoms with Crippen molar-refractivity contribution in [3.63, 3.8) is 0 Å². The number of nitrogen functional groups attached to an aromatic ring is 1. The van der Waals surface area contributed by atoms with E-state index < -0.39 is 5.82 Å². The lowest BCUT2D eigenvalue weighted by molar-refractivity contribution is 0.399. The van der Waals surface area contributed by atoms with Gasteiger partial charge in [-0.05, 0) is 31.2 Å². The standard InChI is InChI=1S/C22H21FN8O/c1-13-7-8-15(22(29-13)32-2)16-11-31(21-19(16)20(24)27-12-28-21)10-14(30-25)9-26-18-6-4-3-5-17(18)23/h3-9,11-12H,10,25H2,1-2H3,(H2,24,27,28). The van der Waals surface area contributed by atoms with Crippen LogP contribution in [0.4, 0.5) is 15.9 Å². The van der Waals surface area contributed by atoms with Gasteiger partial charge in [-0.3, -0.25) is 4.99 Å². The molecule has 0 unspecified atom stereocenters. The lowest BCUT2D eigenvalue weighted by Gasteiger charge is -2.07. The molecular weight excluding hydrogens is 411 g/mol. The minimum Gasteiger partial charge on any atom is -0.481 e. The molecule has 0 saturated carbocycles. The number of fused-ring (bicyclic) bond motifs is 1. The van der Waals surface area contributed by atoms with Crippen LogP contribution in [0.5, 0.6) is 5.88 Å². The predicted molar refractivity (Wildman–Crippen MR) is 123 cm³/mol. The van der Waals surface area contributed by atoms with Gasteiger partial charge in [-0.2, -0.15) is 5.10 Å². The number of halogens is 1. The number of hydrogen-bond acceptors (Lipinski definition) is 8. The average molecular weight is 432 g/mol. The molecule has 0 aliphatic carbocycles. The number of hydrazone groups is 1. The normalized spacial score (nSPS) is 12.0. The highest BCUT2D eigenvalue weighted by Crippen LogP contribution is 2.36. The van der Waals surface area contributed by atoms with Crippen molar-refractivity contribution in [2.24, 2.45) is 15.9 Å². The SMILES string of the molecule is COc1nc(C)ccc1-c1cn(CC(C=Nc2ccccc2F)=NN)c2ncnc(N)c12. The zero-order valence-electron chi connectivity index (χ0n) is 17.5. The molecule has 9 nitrogen and oxygen atoms in total. The third-order valence-electron chi connectivity index (χ3n) is 4.87. The number of hydrogen-bond donors (Lipinski definition) is 2. The maximum Gasteiger partial charge on any atom is 0.221 e. The number of rotatable bonds is 6. The Bertz CT molecular complexity index is 1350. The molecule has 0 aliphatic heterocycles. The highest BCUT2D eigenvalue weighted by molar-refractivity contribution is 6.31. The molecule has 10 heteroatoms. The molecule has 0 radical (unpaired) electrons. The lowest BCUT2D eigenvalue weighted by Crippen LogP contribution is -2.13. The van der Waals surface area contributed by atoms with E-state index in [4.69, 9.17) is 16.3 Å². The zero-order chi connectivity index (χ0) is 22.7. The summed E-state index contributed by atoms with van der Waals surface area (Å²) in [5.74, 6) is 5.92. The summed E-state index contributed by atoms with van der Waals surface area (Å²) < 4.78 is 21.2. The van der Waals surface area contributed by atoms with Gasteiger partial charge < -0.3 is 20.9 Å². The van der Waals surface area contributed by atoms with Crippen molar-refractivity contribution < 1.29 is 9.13 Å². The monoisotopic (exact) mass is 432 g/mol. The van der Waals surface area contributed by atoms with Crippen LogP contribution in [0.1, 0.15) is 5.69 Å². The summed E-state index contributed by atoms with van der Waals surface area (Å²) in [4.78, 5) is 17.1. The van der Waals surface area contributed by atoms with Crippen LogP contribution in [0.15, 0.2) is 59.0 Å². The zero-order valence-corrected chi connectivity index (χ0v) is 17.5. The summed E-state index contributed by atoms with van der Waals surface area (Å²) in [7, 11) is 1.56. The first kappa shape index (κ1) is 20.9. The van der Waals surface area contributed by atoms with Gasteiger partial charge in [-0.15, -0.1) is 0 Å². The van der Waals surface area contributed by atoms with E-state index in [0.29, 0.717) is 28.4 Å². The van der Waals surface area contributed by atoms with E-state index in [2.05, 4.69) is 25.0 Å². The fraction of sp³-hybridized carbons (Fsp3) is 0.136. The number of aliphatic imine (C=N–C) groups is 1. The first-order valence-corrected chi connectivity index (χ1v) is 9.68. The van der Waals surface area contributed by atoms with Crippen molar-refractivity contribution in [2.75, 3.05) is 12.8 Å². The van der Waals surface area contributed by atoms with Crippen LogP contribution in [0.25, 0.3) is 22.2 Å². The summed E-state index contributed by atoms with van der Waals surface area (Å²) >= 11 is 0. The number of benzene rings is 1. The highest BCUT2D eigenvalue weighted by atomic mass is 19.1. The largest absolute Gasteiger partial charge is 0.481 e. The molecule has 32 heavy (non-hydrogen) atoms. The second-order valence-corrected chi connectivity index (χ2v) is 6.97. The fourth-order valence-electron chi connectivity index (χ4n) is 3.36. The summed E-state index contributed by atoms with van der Waals surface area (Å²) in [6.45, 7) is 2.11. The van der Waals surface area contributed by atoms with E-state index in [1.807, 2.05) is 29.8 Å². The predicted octanol–water partition coefficient (Wildman–Crippen LogP) is 3.25. The Morgan fingerprint density at radius 2 is 2.00 bits per heavy atom. The molecule has 0 bridgehead atoms. The van der Waals surface area contributed by atoms with Gasteiger partial charge >= 0.3 is 0 Å². The number of nitrogens with zero attached hydrogens (tertiary/aromatic N) is 6. The summed E-state index contributed by atoms with van der Waals surface area (Å²) in [6, 6.07) is 9.98. The van der Waals surface area contributed by atoms with Crippen LogP contribution in [0, 0.1) is 12.7 Å². The molecule has 162 valence electrons. The van der Waals surface area contributed by atoms with Crippen LogP contribution in [-0.2, 0) is 6.54 Å². The van der Waals surface area contributed by atoms with E-state index in [1.165, 1.54) is 18.6 Å². The van der Waals surface area contributed by atoms with Crippen molar-refractivity contribution in [2.45, 2.75) is 13.5 Å². The van der Waals surface area contributed by atoms with Crippen LogP contribution < -0.4 is 16.3 Å². The van der Waals surface area contributed by atoms with Gasteiger partial charge in [0.15, 0.2) is 0 Å². The Kier molecular flexibility index (Phi) is 5.75. The highest BCUT2D eigenvalue weighted by Gasteiger charge is 2.19. The quantitative estimate of drug-likeness (QED) is 0.273. The van der Waals surface area contributed by atoms with Gasteiger partial charge in [0.2, 0.25) is 5.88 Å². The molecule has 4 aromatic rings. The van der Waals surface area contributed by atoms with Gasteiger partial charge in [0.05, 0.1) is 36.7 Å². The third-order valence-corrected chi connectivity index (χ3v) is 4.87. The first-order valence-electron chi connectivity index (χ1n) is 9.68. The molecule has 1 aromatic carbocycles. The third kappa shape index (κ3) is 3.97. The van der Waals surface area contributed by atoms with Crippen molar-refractivity contribution in [3.05, 3.63) is 60.4 Å². The lowest BCUT2D eigenvalue weighted by atomic mass is 10.1. The minimum atomic E-state index is -0.437. The van der Waals surface area contributed by atoms with Crippen LogP contribution in [-0.4, -0.2) is 38.6 Å². The number of aromatic nitrogens is 4. The fourth-order valence-corrected chi connectivity index (χ4v) is 3.36. The van der Waals surface area contributed by atoms with Crippen molar-refractivity contribution >= 4 is 34.5 Å². The smallest absolute Gasteiger partial charge is 0.221 e. The molecule has 3 aromatic heterocycles. The van der Waals surface area contributed by atoms with Gasteiger partial charge in [0.25, 0.3) is 0 Å². The molecule has 4 N–H and O–H groups in total. The molecule has 0 saturated heterocycles. The van der Waals surface area contributed by atoms with Crippen LogP contribution in [0.3, 0.4) is 0 Å². The van der Waals surface area contributed by atoms with E-state index in [1.54, 1.807) is 25.3 Å². The number of aryl methyl sites for hydroxylation is 1. The number of anilines is 1. The summed E-state index contributed by atoms with van der Waals surface area (Å²) in [5.41, 5.74) is 9.69.